The largest absolute Gasteiger partial charge is 0.494 e. The molecule has 1 unspecified atom stereocenters. The SMILES string of the molecule is C=C/C=C(\C=C)CNC(=O)C(c1ccc(Cl)c(Cl)c1)N(C(=O)CCc1ccc(OCCCCN(C)CCOCCOCCc2cn(CCOCCOc3ccc(NC=O)cc3)nn2)cc1)C(C)C.CNc1nc(CC(=O)N2CCN(C)CC2)cs1. The molecule has 0 radical (unpaired) electrons. The van der Waals surface area contributed by atoms with E-state index in [4.69, 9.17) is 46.9 Å². The van der Waals surface area contributed by atoms with Gasteiger partial charge in [0.25, 0.3) is 0 Å². The second-order valence-electron chi connectivity index (χ2n) is 20.3. The van der Waals surface area contributed by atoms with Crippen molar-refractivity contribution in [2.45, 2.75) is 71.0 Å². The molecule has 4 amide bonds. The van der Waals surface area contributed by atoms with E-state index in [2.05, 4.69) is 68.3 Å². The van der Waals surface area contributed by atoms with E-state index in [-0.39, 0.29) is 36.7 Å². The van der Waals surface area contributed by atoms with Crippen LogP contribution in [0.2, 0.25) is 10.0 Å². The first-order valence-electron chi connectivity index (χ1n) is 28.7. The maximum Gasteiger partial charge on any atom is 0.247 e. The molecule has 23 heteroatoms. The van der Waals surface area contributed by atoms with Gasteiger partial charge in [-0.1, -0.05) is 78.0 Å². The molecule has 3 aromatic carbocycles. The number of rotatable bonds is 38. The van der Waals surface area contributed by atoms with Crippen molar-refractivity contribution in [3.05, 3.63) is 148 Å². The number of nitrogens with zero attached hydrogens (tertiary/aromatic N) is 8. The highest BCUT2D eigenvalue weighted by Gasteiger charge is 2.33. The fourth-order valence-electron chi connectivity index (χ4n) is 8.71. The van der Waals surface area contributed by atoms with Gasteiger partial charge in [0, 0.05) is 82.5 Å². The van der Waals surface area contributed by atoms with Crippen molar-refractivity contribution >= 4 is 69.5 Å². The van der Waals surface area contributed by atoms with Crippen molar-refractivity contribution in [2.75, 3.05) is 130 Å². The van der Waals surface area contributed by atoms with Crippen LogP contribution in [0.3, 0.4) is 0 Å². The first-order valence-corrected chi connectivity index (χ1v) is 30.4. The van der Waals surface area contributed by atoms with Crippen molar-refractivity contribution < 1.29 is 42.9 Å². The van der Waals surface area contributed by atoms with Crippen LogP contribution in [0, 0.1) is 0 Å². The normalized spacial score (nSPS) is 13.0. The van der Waals surface area contributed by atoms with Crippen LogP contribution >= 0.6 is 34.5 Å². The summed E-state index contributed by atoms with van der Waals surface area (Å²) in [6.45, 7) is 21.6. The van der Waals surface area contributed by atoms with Gasteiger partial charge in [0.1, 0.15) is 24.1 Å². The number of halogens is 2. The lowest BCUT2D eigenvalue weighted by Crippen LogP contribution is -2.47. The van der Waals surface area contributed by atoms with Crippen LogP contribution in [-0.4, -0.2) is 190 Å². The first-order chi connectivity index (χ1) is 41.2. The Kier molecular flexibility index (Phi) is 31.8. The van der Waals surface area contributed by atoms with E-state index in [1.165, 1.54) is 11.3 Å². The van der Waals surface area contributed by atoms with Crippen molar-refractivity contribution in [1.29, 1.82) is 0 Å². The lowest BCUT2D eigenvalue weighted by atomic mass is 10.0. The van der Waals surface area contributed by atoms with Gasteiger partial charge in [-0.2, -0.15) is 0 Å². The van der Waals surface area contributed by atoms with Gasteiger partial charge in [-0.15, -0.1) is 16.4 Å². The molecule has 3 N–H and O–H groups in total. The molecule has 5 aromatic rings. The molecule has 1 saturated heterocycles. The number of amides is 4. The first kappa shape index (κ1) is 69.1. The van der Waals surface area contributed by atoms with E-state index in [0.717, 1.165) is 85.5 Å². The average Bonchev–Trinajstić information content (AvgIpc) is 3.47. The van der Waals surface area contributed by atoms with Gasteiger partial charge in [0.15, 0.2) is 5.13 Å². The van der Waals surface area contributed by atoms with Crippen molar-refractivity contribution in [2.24, 2.45) is 0 Å². The standard InChI is InChI=1S/C51H67Cl2N7O8.C11H18N4OS/c1-6-10-40(7-2)36-54-51(63)50(42-14-21-47(52)48(53)35-42)60(39(3)4)49(62)22-13-41-11-17-45(18-12-41)67-27-9-8-24-58(5)25-29-65-32-31-64-28-23-44-37-59(57-56-44)26-30-66-33-34-68-46-19-15-43(16-20-46)55-38-61;1-12-11-13-9(8-17-11)7-10(16)15-5-3-14(2)4-6-15/h6-7,10-12,14-21,35,37-39,50H,1-2,8-9,13,22-34,36H2,3-5H3,(H,54,63)(H,55,61);8H,3-7H2,1-2H3,(H,12,13)/b40-10+;. The zero-order valence-corrected chi connectivity index (χ0v) is 52.2. The predicted octanol–water partition coefficient (Wildman–Crippen LogP) is 8.44. The molecule has 2 aromatic heterocycles. The Morgan fingerprint density at radius 2 is 1.51 bits per heavy atom. The second-order valence-corrected chi connectivity index (χ2v) is 22.0. The maximum absolute atomic E-state index is 13.9. The predicted molar refractivity (Wildman–Crippen MR) is 337 cm³/mol. The van der Waals surface area contributed by atoms with E-state index < -0.39 is 6.04 Å². The fraction of sp³-hybridized carbons (Fsp3) is 0.468. The fourth-order valence-corrected chi connectivity index (χ4v) is 9.68. The third-order valence-corrected chi connectivity index (χ3v) is 15.2. The number of ether oxygens (including phenoxy) is 5. The van der Waals surface area contributed by atoms with Crippen LogP contribution in [0.25, 0.3) is 0 Å². The summed E-state index contributed by atoms with van der Waals surface area (Å²) in [4.78, 5) is 62.5. The molecular weight excluding hydrogens is 1150 g/mol. The van der Waals surface area contributed by atoms with Crippen molar-refractivity contribution in [3.63, 3.8) is 0 Å². The van der Waals surface area contributed by atoms with E-state index in [9.17, 15) is 19.2 Å². The topological polar surface area (TPSA) is 207 Å². The zero-order chi connectivity index (χ0) is 61.2. The summed E-state index contributed by atoms with van der Waals surface area (Å²) < 4.78 is 30.6. The number of likely N-dealkylation sites (N-methyl/N-ethyl adjacent to an activating group) is 2. The van der Waals surface area contributed by atoms with Crippen LogP contribution in [0.15, 0.2) is 115 Å². The molecule has 0 aliphatic carbocycles. The number of piperazine rings is 1. The molecule has 0 bridgehead atoms. The highest BCUT2D eigenvalue weighted by atomic mass is 35.5. The van der Waals surface area contributed by atoms with Gasteiger partial charge in [-0.3, -0.25) is 19.2 Å². The van der Waals surface area contributed by atoms with Crippen LogP contribution in [0.4, 0.5) is 10.8 Å². The van der Waals surface area contributed by atoms with Gasteiger partial charge in [0.05, 0.1) is 80.6 Å². The van der Waals surface area contributed by atoms with Gasteiger partial charge >= 0.3 is 0 Å². The quantitative estimate of drug-likeness (QED) is 0.0193. The number of nitrogens with one attached hydrogen (secondary N) is 3. The highest BCUT2D eigenvalue weighted by Crippen LogP contribution is 2.31. The smallest absolute Gasteiger partial charge is 0.247 e. The summed E-state index contributed by atoms with van der Waals surface area (Å²) in [5.74, 6) is 1.16. The minimum absolute atomic E-state index is 0.164. The van der Waals surface area contributed by atoms with Gasteiger partial charge in [-0.25, -0.2) is 9.67 Å². The molecule has 1 fully saturated rings. The number of anilines is 2. The summed E-state index contributed by atoms with van der Waals surface area (Å²) in [5, 5.41) is 20.4. The highest BCUT2D eigenvalue weighted by molar-refractivity contribution is 7.13. The number of benzene rings is 3. The van der Waals surface area contributed by atoms with Crippen molar-refractivity contribution in [1.82, 2.24) is 44.9 Å². The summed E-state index contributed by atoms with van der Waals surface area (Å²) >= 11 is 14.1. The number of hydrogen-bond acceptors (Lipinski definition) is 16. The Hall–Kier alpha value is -6.69. The summed E-state index contributed by atoms with van der Waals surface area (Å²) in [5.41, 5.74) is 4.76. The minimum atomic E-state index is -0.926. The van der Waals surface area contributed by atoms with Crippen molar-refractivity contribution in [3.8, 4) is 11.5 Å². The summed E-state index contributed by atoms with van der Waals surface area (Å²) in [6, 6.07) is 18.7. The summed E-state index contributed by atoms with van der Waals surface area (Å²) in [6.07, 6.45) is 11.3. The third-order valence-electron chi connectivity index (χ3n) is 13.5. The van der Waals surface area contributed by atoms with E-state index in [0.29, 0.717) is 112 Å². The van der Waals surface area contributed by atoms with Crippen LogP contribution < -0.4 is 25.4 Å². The number of aryl methyl sites for hydroxylation is 1. The molecule has 1 atom stereocenters. The Morgan fingerprint density at radius 1 is 0.812 bits per heavy atom. The minimum Gasteiger partial charge on any atom is -0.494 e. The maximum atomic E-state index is 13.9. The van der Waals surface area contributed by atoms with Gasteiger partial charge in [-0.05, 0) is 119 Å². The third kappa shape index (κ3) is 25.8. The van der Waals surface area contributed by atoms with E-state index in [1.807, 2.05) is 61.6 Å². The molecule has 6 rings (SSSR count). The number of unbranched alkanes of at least 4 members (excludes halogenated alkanes) is 1. The number of hydrogen-bond donors (Lipinski definition) is 3. The molecule has 0 saturated carbocycles. The second kappa shape index (κ2) is 39.1. The van der Waals surface area contributed by atoms with Crippen LogP contribution in [0.1, 0.15) is 61.7 Å². The molecule has 3 heterocycles. The zero-order valence-electron chi connectivity index (χ0n) is 49.9. The van der Waals surface area contributed by atoms with E-state index >= 15 is 0 Å². The van der Waals surface area contributed by atoms with Crippen LogP contribution in [-0.2, 0) is 59.2 Å². The van der Waals surface area contributed by atoms with Crippen LogP contribution in [0.5, 0.6) is 11.5 Å². The Labute approximate surface area is 515 Å². The van der Waals surface area contributed by atoms with E-state index in [1.54, 1.807) is 70.3 Å². The molecule has 462 valence electrons. The number of carbonyl (C=O) groups excluding carboxylic acids is 4. The molecule has 1 aliphatic rings. The monoisotopic (exact) mass is 1230 g/mol. The van der Waals surface area contributed by atoms with Gasteiger partial charge < -0.3 is 59.2 Å². The Bertz CT molecular complexity index is 2830. The number of aromatic nitrogens is 4. The molecular formula is C62H85Cl2N11O9S. The average molecular weight is 1230 g/mol. The summed E-state index contributed by atoms with van der Waals surface area (Å²) in [7, 11) is 6.01. The lowest BCUT2D eigenvalue weighted by Gasteiger charge is -2.35. The molecule has 85 heavy (non-hydrogen) atoms. The number of allylic oxidation sites excluding steroid dienone is 2. The molecule has 1 aliphatic heterocycles. The van der Waals surface area contributed by atoms with Gasteiger partial charge in [0.2, 0.25) is 24.1 Å². The molecule has 20 nitrogen and oxygen atoms in total. The number of thiazole rings is 1. The lowest BCUT2D eigenvalue weighted by molar-refractivity contribution is -0.142. The molecule has 0 spiro atoms. The Morgan fingerprint density at radius 3 is 2.18 bits per heavy atom. The Balaban J connectivity index is 0.000000659. The number of carbonyl (C=O) groups is 4.